The minimum Gasteiger partial charge on any atom is -0.480 e. The van der Waals surface area contributed by atoms with Gasteiger partial charge >= 0.3 is 11.7 Å². The first kappa shape index (κ1) is 12.7. The molecule has 2 aromatic rings. The zero-order valence-electron chi connectivity index (χ0n) is 10.4. The molecule has 1 atom stereocenters. The molecule has 1 aliphatic heterocycles. The van der Waals surface area contributed by atoms with Crippen molar-refractivity contribution in [3.63, 3.8) is 0 Å². The number of nitrogens with one attached hydrogen (secondary N) is 1. The first-order valence-electron chi connectivity index (χ1n) is 5.87. The lowest BCUT2D eigenvalue weighted by Crippen LogP contribution is -2.34. The van der Waals surface area contributed by atoms with Crippen LogP contribution in [0.2, 0.25) is 5.02 Å². The molecule has 3 rings (SSSR count). The van der Waals surface area contributed by atoms with E-state index in [2.05, 4.69) is 5.32 Å². The first-order valence-corrected chi connectivity index (χ1v) is 6.25. The Balaban J connectivity index is 2.45. The maximum atomic E-state index is 12.3. The van der Waals surface area contributed by atoms with Crippen molar-refractivity contribution in [1.82, 2.24) is 9.13 Å². The minimum atomic E-state index is -1.12. The van der Waals surface area contributed by atoms with Crippen molar-refractivity contribution in [3.05, 3.63) is 27.6 Å². The zero-order valence-corrected chi connectivity index (χ0v) is 11.1. The summed E-state index contributed by atoms with van der Waals surface area (Å²) in [5.74, 6) is -1.49. The number of aromatic nitrogens is 2. The van der Waals surface area contributed by atoms with E-state index in [1.807, 2.05) is 0 Å². The molecule has 0 bridgehead atoms. The fourth-order valence-corrected chi connectivity index (χ4v) is 2.62. The summed E-state index contributed by atoms with van der Waals surface area (Å²) in [6.45, 7) is 1.26. The number of aliphatic carboxylic acids is 1. The van der Waals surface area contributed by atoms with Gasteiger partial charge < -0.3 is 10.4 Å². The second kappa shape index (κ2) is 4.11. The van der Waals surface area contributed by atoms with E-state index in [1.165, 1.54) is 17.6 Å². The smallest absolute Gasteiger partial charge is 0.330 e. The number of benzene rings is 1. The first-order chi connectivity index (χ1) is 9.41. The van der Waals surface area contributed by atoms with Gasteiger partial charge in [0.2, 0.25) is 5.91 Å². The molecule has 7 nitrogen and oxygen atoms in total. The van der Waals surface area contributed by atoms with Crippen LogP contribution in [0, 0.1) is 0 Å². The molecule has 2 heterocycles. The van der Waals surface area contributed by atoms with Crippen LogP contribution in [0.3, 0.4) is 0 Å². The normalized spacial score (nSPS) is 15.2. The molecule has 0 radical (unpaired) electrons. The molecule has 1 aromatic carbocycles. The average molecular weight is 296 g/mol. The van der Waals surface area contributed by atoms with Gasteiger partial charge in [-0.2, -0.15) is 0 Å². The minimum absolute atomic E-state index is 0.151. The highest BCUT2D eigenvalue weighted by atomic mass is 35.5. The van der Waals surface area contributed by atoms with E-state index in [9.17, 15) is 14.4 Å². The Kier molecular flexibility index (Phi) is 2.62. The van der Waals surface area contributed by atoms with E-state index >= 15 is 0 Å². The molecule has 2 N–H and O–H groups in total. The van der Waals surface area contributed by atoms with Gasteiger partial charge in [0.05, 0.1) is 21.7 Å². The van der Waals surface area contributed by atoms with Gasteiger partial charge in [0, 0.05) is 0 Å². The van der Waals surface area contributed by atoms with Gasteiger partial charge in [0.25, 0.3) is 0 Å². The second-order valence-electron chi connectivity index (χ2n) is 4.59. The number of carbonyl (C=O) groups excluding carboxylic acids is 1. The number of carbonyl (C=O) groups is 2. The van der Waals surface area contributed by atoms with Crippen LogP contribution in [0.25, 0.3) is 11.0 Å². The SMILES string of the molecule is CC(C(=O)O)n1c(=O)n2c3c(c(Cl)ccc31)NC(=O)C2. The van der Waals surface area contributed by atoms with Crippen molar-refractivity contribution >= 4 is 40.2 Å². The monoisotopic (exact) mass is 295 g/mol. The molecule has 1 unspecified atom stereocenters. The molecule has 104 valence electrons. The summed E-state index contributed by atoms with van der Waals surface area (Å²) in [5.41, 5.74) is 0.696. The number of amides is 1. The van der Waals surface area contributed by atoms with Gasteiger partial charge in [0.15, 0.2) is 0 Å². The molecule has 20 heavy (non-hydrogen) atoms. The van der Waals surface area contributed by atoms with Crippen molar-refractivity contribution in [3.8, 4) is 0 Å². The van der Waals surface area contributed by atoms with E-state index in [1.54, 1.807) is 6.07 Å². The summed E-state index contributed by atoms with van der Waals surface area (Å²) in [4.78, 5) is 35.1. The third kappa shape index (κ3) is 1.56. The Morgan fingerprint density at radius 3 is 2.80 bits per heavy atom. The maximum Gasteiger partial charge on any atom is 0.330 e. The molecule has 1 aliphatic rings. The molecule has 8 heteroatoms. The Morgan fingerprint density at radius 2 is 2.15 bits per heavy atom. The van der Waals surface area contributed by atoms with E-state index in [0.717, 1.165) is 4.57 Å². The van der Waals surface area contributed by atoms with Crippen molar-refractivity contribution in [1.29, 1.82) is 0 Å². The summed E-state index contributed by atoms with van der Waals surface area (Å²) in [5, 5.41) is 12.0. The summed E-state index contributed by atoms with van der Waals surface area (Å²) < 4.78 is 2.40. The van der Waals surface area contributed by atoms with Crippen LogP contribution >= 0.6 is 11.6 Å². The van der Waals surface area contributed by atoms with Crippen molar-refractivity contribution in [2.75, 3.05) is 5.32 Å². The number of anilines is 1. The number of halogens is 1. The molecule has 1 amide bonds. The van der Waals surface area contributed by atoms with E-state index in [4.69, 9.17) is 16.7 Å². The molecular weight excluding hydrogens is 286 g/mol. The fourth-order valence-electron chi connectivity index (χ4n) is 2.42. The number of nitrogens with zero attached hydrogens (tertiary/aromatic N) is 2. The number of carboxylic acids is 1. The Bertz CT molecular complexity index is 820. The lowest BCUT2D eigenvalue weighted by molar-refractivity contribution is -0.140. The molecule has 0 saturated carbocycles. The van der Waals surface area contributed by atoms with Crippen LogP contribution < -0.4 is 11.0 Å². The Labute approximate surface area is 117 Å². The van der Waals surface area contributed by atoms with Gasteiger partial charge in [-0.3, -0.25) is 13.9 Å². The largest absolute Gasteiger partial charge is 0.480 e. The third-order valence-electron chi connectivity index (χ3n) is 3.38. The van der Waals surface area contributed by atoms with Crippen LogP contribution in [-0.2, 0) is 16.1 Å². The van der Waals surface area contributed by atoms with Crippen LogP contribution in [0.15, 0.2) is 16.9 Å². The zero-order chi connectivity index (χ0) is 14.6. The van der Waals surface area contributed by atoms with E-state index < -0.39 is 17.7 Å². The Morgan fingerprint density at radius 1 is 1.45 bits per heavy atom. The predicted octanol–water partition coefficient (Wildman–Crippen LogP) is 1.05. The molecule has 0 fully saturated rings. The second-order valence-corrected chi connectivity index (χ2v) is 5.00. The fraction of sp³-hybridized carbons (Fsp3) is 0.250. The number of imidazole rings is 1. The number of carboxylic acid groups (broad SMARTS) is 1. The number of rotatable bonds is 2. The van der Waals surface area contributed by atoms with Gasteiger partial charge in [-0.05, 0) is 19.1 Å². The van der Waals surface area contributed by atoms with Crippen LogP contribution in [0.4, 0.5) is 5.69 Å². The number of hydrogen-bond donors (Lipinski definition) is 2. The molecule has 0 saturated heterocycles. The summed E-state index contributed by atoms with van der Waals surface area (Å²) >= 11 is 6.02. The maximum absolute atomic E-state index is 12.3. The van der Waals surface area contributed by atoms with Crippen LogP contribution in [0.5, 0.6) is 0 Å². The van der Waals surface area contributed by atoms with Crippen molar-refractivity contribution < 1.29 is 14.7 Å². The van der Waals surface area contributed by atoms with E-state index in [0.29, 0.717) is 21.7 Å². The highest BCUT2D eigenvalue weighted by molar-refractivity contribution is 6.35. The third-order valence-corrected chi connectivity index (χ3v) is 3.70. The van der Waals surface area contributed by atoms with Gasteiger partial charge in [-0.1, -0.05) is 11.6 Å². The van der Waals surface area contributed by atoms with Crippen LogP contribution in [0.1, 0.15) is 13.0 Å². The highest BCUT2D eigenvalue weighted by Crippen LogP contribution is 2.33. The van der Waals surface area contributed by atoms with Gasteiger partial charge in [-0.15, -0.1) is 0 Å². The lowest BCUT2D eigenvalue weighted by atomic mass is 10.2. The molecule has 0 spiro atoms. The predicted molar refractivity (Wildman–Crippen MR) is 72.2 cm³/mol. The molecule has 1 aromatic heterocycles. The van der Waals surface area contributed by atoms with Gasteiger partial charge in [-0.25, -0.2) is 9.59 Å². The van der Waals surface area contributed by atoms with E-state index in [-0.39, 0.29) is 12.5 Å². The molecule has 0 aliphatic carbocycles. The summed E-state index contributed by atoms with van der Waals surface area (Å²) in [7, 11) is 0. The highest BCUT2D eigenvalue weighted by Gasteiger charge is 2.28. The average Bonchev–Trinajstić information content (AvgIpc) is 2.67. The van der Waals surface area contributed by atoms with Crippen molar-refractivity contribution in [2.24, 2.45) is 0 Å². The topological polar surface area (TPSA) is 93.3 Å². The lowest BCUT2D eigenvalue weighted by Gasteiger charge is -2.15. The summed E-state index contributed by atoms with van der Waals surface area (Å²) in [6.07, 6.45) is 0. The van der Waals surface area contributed by atoms with Gasteiger partial charge in [0.1, 0.15) is 12.6 Å². The standard InChI is InChI=1S/C12H10ClN3O4/c1-5(11(18)19)16-7-3-2-6(13)9-10(7)15(12(16)20)4-8(17)14-9/h2-3,5H,4H2,1H3,(H,14,17)(H,18,19). The summed E-state index contributed by atoms with van der Waals surface area (Å²) in [6, 6.07) is 2.07. The van der Waals surface area contributed by atoms with Crippen molar-refractivity contribution in [2.45, 2.75) is 19.5 Å². The quantitative estimate of drug-likeness (QED) is 0.866. The van der Waals surface area contributed by atoms with Crippen LogP contribution in [-0.4, -0.2) is 26.1 Å². The number of hydrogen-bond acceptors (Lipinski definition) is 3. The molecular formula is C12H10ClN3O4. The Hall–Kier alpha value is -2.28.